The van der Waals surface area contributed by atoms with E-state index >= 15 is 0 Å². The van der Waals surface area contributed by atoms with Crippen molar-refractivity contribution in [3.8, 4) is 0 Å². The molecule has 1 rings (SSSR count). The second kappa shape index (κ2) is 7.04. The quantitative estimate of drug-likeness (QED) is 0.591. The summed E-state index contributed by atoms with van der Waals surface area (Å²) >= 11 is 5.93. The molecule has 0 saturated carbocycles. The van der Waals surface area contributed by atoms with E-state index in [0.29, 0.717) is 23.7 Å². The third-order valence-electron chi connectivity index (χ3n) is 3.13. The van der Waals surface area contributed by atoms with Crippen LogP contribution in [0, 0.1) is 0 Å². The molecule has 0 spiro atoms. The molecule has 0 aromatic carbocycles. The van der Waals surface area contributed by atoms with E-state index in [1.54, 1.807) is 13.2 Å². The molecule has 0 saturated heterocycles. The summed E-state index contributed by atoms with van der Waals surface area (Å²) in [6, 6.07) is 3.25. The molecule has 0 fully saturated rings. The lowest BCUT2D eigenvalue weighted by Gasteiger charge is -2.22. The summed E-state index contributed by atoms with van der Waals surface area (Å²) in [6.07, 6.45) is 0.630. The number of carbonyl (C=O) groups excluding carboxylic acids is 1. The highest BCUT2D eigenvalue weighted by Crippen LogP contribution is 2.19. The number of halogens is 1. The Balaban J connectivity index is 2.68. The van der Waals surface area contributed by atoms with Gasteiger partial charge in [0.2, 0.25) is 0 Å². The summed E-state index contributed by atoms with van der Waals surface area (Å²) in [5.74, 6) is -0.184. The number of rotatable bonds is 6. The maximum Gasteiger partial charge on any atom is 0.338 e. The van der Waals surface area contributed by atoms with Crippen LogP contribution in [-0.4, -0.2) is 30.3 Å². The van der Waals surface area contributed by atoms with Crippen molar-refractivity contribution >= 4 is 17.6 Å². The van der Waals surface area contributed by atoms with Crippen LogP contribution in [0.25, 0.3) is 0 Å². The molecule has 1 aromatic rings. The molecule has 0 N–H and O–H groups in total. The molecule has 0 amide bonds. The molecule has 0 aliphatic carbocycles. The van der Waals surface area contributed by atoms with Gasteiger partial charge in [-0.3, -0.25) is 0 Å². The van der Waals surface area contributed by atoms with Crippen molar-refractivity contribution in [3.63, 3.8) is 0 Å². The predicted octanol–water partition coefficient (Wildman–Crippen LogP) is 3.83. The number of esters is 1. The molecule has 5 heteroatoms. The van der Waals surface area contributed by atoms with Gasteiger partial charge in [0.1, 0.15) is 5.15 Å². The minimum Gasteiger partial charge on any atom is -0.462 e. The Labute approximate surface area is 125 Å². The smallest absolute Gasteiger partial charge is 0.338 e. The second-order valence-corrected chi connectivity index (χ2v) is 6.00. The van der Waals surface area contributed by atoms with Gasteiger partial charge in [0.05, 0.1) is 17.8 Å². The van der Waals surface area contributed by atoms with Crippen molar-refractivity contribution in [3.05, 3.63) is 28.5 Å². The average Bonchev–Trinajstić information content (AvgIpc) is 2.37. The van der Waals surface area contributed by atoms with Crippen LogP contribution in [-0.2, 0) is 9.47 Å². The van der Waals surface area contributed by atoms with E-state index in [-0.39, 0.29) is 17.5 Å². The predicted molar refractivity (Wildman–Crippen MR) is 79.3 cm³/mol. The molecule has 1 aromatic heterocycles. The largest absolute Gasteiger partial charge is 0.462 e. The van der Waals surface area contributed by atoms with Gasteiger partial charge in [-0.15, -0.1) is 0 Å². The van der Waals surface area contributed by atoms with Crippen molar-refractivity contribution in [1.82, 2.24) is 4.98 Å². The summed E-state index contributed by atoms with van der Waals surface area (Å²) in [6.45, 7) is 8.18. The van der Waals surface area contributed by atoms with Crippen LogP contribution in [0.3, 0.4) is 0 Å². The fraction of sp³-hybridized carbons (Fsp3) is 0.600. The molecule has 0 aliphatic heterocycles. The number of ether oxygens (including phenoxy) is 2. The van der Waals surface area contributed by atoms with Gasteiger partial charge >= 0.3 is 5.97 Å². The molecule has 4 nitrogen and oxygen atoms in total. The van der Waals surface area contributed by atoms with Crippen LogP contribution in [0.2, 0.25) is 5.15 Å². The number of nitrogens with zero attached hydrogens (tertiary/aromatic N) is 1. The van der Waals surface area contributed by atoms with Crippen molar-refractivity contribution in [2.75, 3.05) is 13.7 Å². The monoisotopic (exact) mass is 299 g/mol. The first-order valence-corrected chi connectivity index (χ1v) is 7.03. The maximum atomic E-state index is 12.0. The first kappa shape index (κ1) is 16.9. The van der Waals surface area contributed by atoms with Gasteiger partial charge in [-0.05, 0) is 31.9 Å². The van der Waals surface area contributed by atoms with Crippen LogP contribution >= 0.6 is 11.6 Å². The lowest BCUT2D eigenvalue weighted by Crippen LogP contribution is -2.25. The van der Waals surface area contributed by atoms with Gasteiger partial charge in [0.15, 0.2) is 0 Å². The van der Waals surface area contributed by atoms with E-state index in [4.69, 9.17) is 21.1 Å². The fourth-order valence-corrected chi connectivity index (χ4v) is 1.72. The third-order valence-corrected chi connectivity index (χ3v) is 3.32. The summed E-state index contributed by atoms with van der Waals surface area (Å²) < 4.78 is 10.5. The number of hydrogen-bond donors (Lipinski definition) is 0. The Bertz CT molecular complexity index is 472. The lowest BCUT2D eigenvalue weighted by molar-refractivity contribution is -0.00564. The van der Waals surface area contributed by atoms with E-state index in [1.165, 1.54) is 6.07 Å². The zero-order chi connectivity index (χ0) is 15.3. The number of aromatic nitrogens is 1. The van der Waals surface area contributed by atoms with Gasteiger partial charge in [-0.25, -0.2) is 9.78 Å². The highest BCUT2D eigenvalue weighted by atomic mass is 35.5. The Morgan fingerprint density at radius 2 is 2.05 bits per heavy atom. The normalized spacial score (nSPS) is 11.8. The van der Waals surface area contributed by atoms with Crippen molar-refractivity contribution < 1.29 is 14.3 Å². The maximum absolute atomic E-state index is 12.0. The summed E-state index contributed by atoms with van der Waals surface area (Å²) in [5, 5.41) is 0.306. The minimum atomic E-state index is -0.386. The SMILES string of the molecule is COC(C)(C)CCOC(=O)c1cc(Cl)nc(C(C)C)c1. The molecule has 0 atom stereocenters. The van der Waals surface area contributed by atoms with Gasteiger partial charge in [0.25, 0.3) is 0 Å². The highest BCUT2D eigenvalue weighted by Gasteiger charge is 2.18. The Kier molecular flexibility index (Phi) is 5.96. The van der Waals surface area contributed by atoms with E-state index in [1.807, 2.05) is 27.7 Å². The van der Waals surface area contributed by atoms with Gasteiger partial charge in [-0.2, -0.15) is 0 Å². The minimum absolute atomic E-state index is 0.202. The van der Waals surface area contributed by atoms with E-state index < -0.39 is 0 Å². The molecule has 0 aliphatic rings. The molecule has 112 valence electrons. The van der Waals surface area contributed by atoms with Crippen molar-refractivity contribution in [1.29, 1.82) is 0 Å². The molecule has 0 radical (unpaired) electrons. The van der Waals surface area contributed by atoms with Crippen molar-refractivity contribution in [2.24, 2.45) is 0 Å². The number of hydrogen-bond acceptors (Lipinski definition) is 4. The van der Waals surface area contributed by atoms with Gasteiger partial charge < -0.3 is 9.47 Å². The molecular formula is C15H22ClNO3. The fourth-order valence-electron chi connectivity index (χ4n) is 1.51. The molecule has 0 bridgehead atoms. The van der Waals surface area contributed by atoms with Crippen LogP contribution in [0.1, 0.15) is 56.1 Å². The second-order valence-electron chi connectivity index (χ2n) is 5.61. The lowest BCUT2D eigenvalue weighted by atomic mass is 10.1. The van der Waals surface area contributed by atoms with Crippen molar-refractivity contribution in [2.45, 2.75) is 45.6 Å². The van der Waals surface area contributed by atoms with Crippen LogP contribution in [0.4, 0.5) is 0 Å². The number of methoxy groups -OCH3 is 1. The molecule has 20 heavy (non-hydrogen) atoms. The first-order valence-electron chi connectivity index (χ1n) is 6.65. The first-order chi connectivity index (χ1) is 9.25. The molecule has 1 heterocycles. The van der Waals surface area contributed by atoms with E-state index in [9.17, 15) is 4.79 Å². The standard InChI is InChI=1S/C15H22ClNO3/c1-10(2)12-8-11(9-13(16)17-12)14(18)20-7-6-15(3,4)19-5/h8-10H,6-7H2,1-5H3. The van der Waals surface area contributed by atoms with Gasteiger partial charge in [-0.1, -0.05) is 25.4 Å². The topological polar surface area (TPSA) is 48.4 Å². The Morgan fingerprint density at radius 1 is 1.40 bits per heavy atom. The van der Waals surface area contributed by atoms with Crippen LogP contribution < -0.4 is 0 Å². The van der Waals surface area contributed by atoms with Gasteiger partial charge in [0, 0.05) is 19.2 Å². The highest BCUT2D eigenvalue weighted by molar-refractivity contribution is 6.29. The van der Waals surface area contributed by atoms with Crippen LogP contribution in [0.5, 0.6) is 0 Å². The summed E-state index contributed by atoms with van der Waals surface area (Å²) in [4.78, 5) is 16.2. The summed E-state index contributed by atoms with van der Waals surface area (Å²) in [5.41, 5.74) is 0.907. The summed E-state index contributed by atoms with van der Waals surface area (Å²) in [7, 11) is 1.64. The Hall–Kier alpha value is -1.13. The zero-order valence-corrected chi connectivity index (χ0v) is 13.5. The number of pyridine rings is 1. The van der Waals surface area contributed by atoms with E-state index in [2.05, 4.69) is 4.98 Å². The molecule has 0 unspecified atom stereocenters. The van der Waals surface area contributed by atoms with Crippen LogP contribution in [0.15, 0.2) is 12.1 Å². The zero-order valence-electron chi connectivity index (χ0n) is 12.7. The molecular weight excluding hydrogens is 278 g/mol. The Morgan fingerprint density at radius 3 is 2.60 bits per heavy atom. The third kappa shape index (κ3) is 5.10. The average molecular weight is 300 g/mol. The number of carbonyl (C=O) groups is 1. The van der Waals surface area contributed by atoms with E-state index in [0.717, 1.165) is 5.69 Å².